The molecule has 0 radical (unpaired) electrons. The summed E-state index contributed by atoms with van der Waals surface area (Å²) in [5.41, 5.74) is 0.862. The van der Waals surface area contributed by atoms with Crippen LogP contribution in [0.3, 0.4) is 0 Å². The van der Waals surface area contributed by atoms with Gasteiger partial charge in [-0.1, -0.05) is 31.0 Å². The lowest BCUT2D eigenvalue weighted by Crippen LogP contribution is -2.20. The Morgan fingerprint density at radius 2 is 2.31 bits per heavy atom. The van der Waals surface area contributed by atoms with Crippen molar-refractivity contribution in [1.29, 1.82) is 0 Å². The van der Waals surface area contributed by atoms with E-state index >= 15 is 0 Å². The van der Waals surface area contributed by atoms with Gasteiger partial charge in [-0.3, -0.25) is 4.90 Å². The number of phenolic OH excluding ortho intramolecular Hbond substituents is 1. The van der Waals surface area contributed by atoms with E-state index in [2.05, 4.69) is 11.8 Å². The molecule has 1 aromatic rings. The van der Waals surface area contributed by atoms with E-state index in [1.165, 1.54) is 12.8 Å². The number of benzene rings is 1. The maximum absolute atomic E-state index is 9.76. The Labute approximate surface area is 102 Å². The molecule has 0 bridgehead atoms. The van der Waals surface area contributed by atoms with Crippen LogP contribution in [0.25, 0.3) is 0 Å². The second kappa shape index (κ2) is 5.07. The Balaban J connectivity index is 2.04. The molecule has 1 saturated heterocycles. The maximum atomic E-state index is 9.76. The van der Waals surface area contributed by atoms with Crippen molar-refractivity contribution in [2.75, 3.05) is 13.1 Å². The lowest BCUT2D eigenvalue weighted by molar-refractivity contribution is 0.309. The summed E-state index contributed by atoms with van der Waals surface area (Å²) in [7, 11) is 0. The van der Waals surface area contributed by atoms with Crippen LogP contribution in [0.2, 0.25) is 5.02 Å². The largest absolute Gasteiger partial charge is 0.508 e. The van der Waals surface area contributed by atoms with Crippen molar-refractivity contribution in [3.63, 3.8) is 0 Å². The smallest absolute Gasteiger partial charge is 0.121 e. The van der Waals surface area contributed by atoms with E-state index in [1.54, 1.807) is 12.1 Å². The number of hydrogen-bond donors (Lipinski definition) is 1. The number of likely N-dealkylation sites (tertiary alicyclic amines) is 1. The lowest BCUT2D eigenvalue weighted by Gasteiger charge is -2.17. The van der Waals surface area contributed by atoms with Gasteiger partial charge in [-0.15, -0.1) is 0 Å². The van der Waals surface area contributed by atoms with Crippen molar-refractivity contribution in [2.24, 2.45) is 5.92 Å². The third-order valence-corrected chi connectivity index (χ3v) is 3.78. The molecular weight excluding hydrogens is 222 g/mol. The zero-order valence-corrected chi connectivity index (χ0v) is 10.4. The molecule has 1 atom stereocenters. The minimum absolute atomic E-state index is 0.312. The van der Waals surface area contributed by atoms with Crippen LogP contribution in [0.1, 0.15) is 25.3 Å². The fourth-order valence-corrected chi connectivity index (χ4v) is 2.55. The van der Waals surface area contributed by atoms with Crippen LogP contribution in [0, 0.1) is 5.92 Å². The first-order chi connectivity index (χ1) is 7.70. The Morgan fingerprint density at radius 3 is 2.94 bits per heavy atom. The van der Waals surface area contributed by atoms with E-state index in [1.807, 2.05) is 6.07 Å². The van der Waals surface area contributed by atoms with E-state index in [-0.39, 0.29) is 0 Å². The molecule has 16 heavy (non-hydrogen) atoms. The summed E-state index contributed by atoms with van der Waals surface area (Å²) >= 11 is 6.09. The third kappa shape index (κ3) is 2.50. The van der Waals surface area contributed by atoms with Crippen LogP contribution in [0.15, 0.2) is 18.2 Å². The molecule has 1 aliphatic rings. The van der Waals surface area contributed by atoms with Crippen molar-refractivity contribution in [3.8, 4) is 5.75 Å². The average molecular weight is 240 g/mol. The fourth-order valence-electron chi connectivity index (χ4n) is 2.32. The molecule has 3 heteroatoms. The van der Waals surface area contributed by atoms with Gasteiger partial charge in [0.2, 0.25) is 0 Å². The van der Waals surface area contributed by atoms with E-state index in [0.717, 1.165) is 31.1 Å². The second-order valence-electron chi connectivity index (χ2n) is 4.54. The number of hydrogen-bond acceptors (Lipinski definition) is 2. The molecule has 2 rings (SSSR count). The molecule has 0 amide bonds. The number of aromatic hydroxyl groups is 1. The van der Waals surface area contributed by atoms with Crippen LogP contribution >= 0.6 is 11.6 Å². The third-order valence-electron chi connectivity index (χ3n) is 3.42. The minimum atomic E-state index is 0.312. The molecule has 1 unspecified atom stereocenters. The summed E-state index contributed by atoms with van der Waals surface area (Å²) in [5, 5.41) is 10.4. The lowest BCUT2D eigenvalue weighted by atomic mass is 10.1. The Kier molecular flexibility index (Phi) is 3.72. The number of rotatable bonds is 3. The molecule has 1 aromatic carbocycles. The van der Waals surface area contributed by atoms with E-state index in [4.69, 9.17) is 11.6 Å². The first kappa shape index (κ1) is 11.7. The maximum Gasteiger partial charge on any atom is 0.121 e. The fraction of sp³-hybridized carbons (Fsp3) is 0.538. The topological polar surface area (TPSA) is 23.5 Å². The van der Waals surface area contributed by atoms with Gasteiger partial charge in [0.25, 0.3) is 0 Å². The molecule has 0 aliphatic carbocycles. The zero-order chi connectivity index (χ0) is 11.5. The van der Waals surface area contributed by atoms with Gasteiger partial charge in [0.1, 0.15) is 5.75 Å². The standard InChI is InChI=1S/C13H18ClNO/c1-2-10-6-7-15(8-10)9-11-12(14)4-3-5-13(11)16/h3-5,10,16H,2,6-9H2,1H3. The van der Waals surface area contributed by atoms with Crippen molar-refractivity contribution in [2.45, 2.75) is 26.3 Å². The highest BCUT2D eigenvalue weighted by atomic mass is 35.5. The summed E-state index contributed by atoms with van der Waals surface area (Å²) in [6.45, 7) is 5.24. The predicted octanol–water partition coefficient (Wildman–Crippen LogP) is 3.28. The highest BCUT2D eigenvalue weighted by Gasteiger charge is 2.22. The van der Waals surface area contributed by atoms with Gasteiger partial charge in [0, 0.05) is 23.7 Å². The number of halogens is 1. The van der Waals surface area contributed by atoms with Crippen molar-refractivity contribution in [3.05, 3.63) is 28.8 Å². The predicted molar refractivity (Wildman–Crippen MR) is 66.8 cm³/mol. The van der Waals surface area contributed by atoms with Gasteiger partial charge in [-0.05, 0) is 31.0 Å². The van der Waals surface area contributed by atoms with Crippen LogP contribution in [0.5, 0.6) is 5.75 Å². The van der Waals surface area contributed by atoms with E-state index in [9.17, 15) is 5.11 Å². The first-order valence-corrected chi connectivity index (χ1v) is 6.27. The highest BCUT2D eigenvalue weighted by Crippen LogP contribution is 2.29. The minimum Gasteiger partial charge on any atom is -0.508 e. The molecule has 1 N–H and O–H groups in total. The van der Waals surface area contributed by atoms with Crippen LogP contribution in [-0.4, -0.2) is 23.1 Å². The zero-order valence-electron chi connectivity index (χ0n) is 9.62. The van der Waals surface area contributed by atoms with Gasteiger partial charge in [-0.25, -0.2) is 0 Å². The molecular formula is C13H18ClNO. The van der Waals surface area contributed by atoms with Gasteiger partial charge >= 0.3 is 0 Å². The SMILES string of the molecule is CCC1CCN(Cc2c(O)cccc2Cl)C1. The van der Waals surface area contributed by atoms with Crippen LogP contribution < -0.4 is 0 Å². The van der Waals surface area contributed by atoms with Crippen molar-refractivity contribution < 1.29 is 5.11 Å². The summed E-state index contributed by atoms with van der Waals surface area (Å²) in [4.78, 5) is 2.37. The summed E-state index contributed by atoms with van der Waals surface area (Å²) in [6.07, 6.45) is 2.51. The summed E-state index contributed by atoms with van der Waals surface area (Å²) in [6, 6.07) is 5.32. The molecule has 2 nitrogen and oxygen atoms in total. The molecule has 0 spiro atoms. The monoisotopic (exact) mass is 239 g/mol. The molecule has 1 aliphatic heterocycles. The second-order valence-corrected chi connectivity index (χ2v) is 4.94. The quantitative estimate of drug-likeness (QED) is 0.875. The van der Waals surface area contributed by atoms with Crippen molar-refractivity contribution >= 4 is 11.6 Å². The summed E-state index contributed by atoms with van der Waals surface area (Å²) in [5.74, 6) is 1.12. The van der Waals surface area contributed by atoms with Crippen LogP contribution in [0.4, 0.5) is 0 Å². The van der Waals surface area contributed by atoms with Crippen LogP contribution in [-0.2, 0) is 6.54 Å². The molecule has 1 fully saturated rings. The first-order valence-electron chi connectivity index (χ1n) is 5.89. The Bertz CT molecular complexity index is 347. The van der Waals surface area contributed by atoms with Gasteiger partial charge in [0.15, 0.2) is 0 Å². The van der Waals surface area contributed by atoms with E-state index < -0.39 is 0 Å². The number of phenols is 1. The summed E-state index contributed by atoms with van der Waals surface area (Å²) < 4.78 is 0. The number of nitrogens with zero attached hydrogens (tertiary/aromatic N) is 1. The Morgan fingerprint density at radius 1 is 1.50 bits per heavy atom. The van der Waals surface area contributed by atoms with E-state index in [0.29, 0.717) is 10.8 Å². The normalized spacial score (nSPS) is 21.5. The molecule has 1 heterocycles. The average Bonchev–Trinajstić information content (AvgIpc) is 2.71. The van der Waals surface area contributed by atoms with Gasteiger partial charge in [-0.2, -0.15) is 0 Å². The highest BCUT2D eigenvalue weighted by molar-refractivity contribution is 6.31. The van der Waals surface area contributed by atoms with Gasteiger partial charge < -0.3 is 5.11 Å². The molecule has 88 valence electrons. The van der Waals surface area contributed by atoms with Crippen molar-refractivity contribution in [1.82, 2.24) is 4.90 Å². The Hall–Kier alpha value is -0.730. The molecule has 0 aromatic heterocycles. The van der Waals surface area contributed by atoms with Gasteiger partial charge in [0.05, 0.1) is 0 Å². The molecule has 0 saturated carbocycles.